The van der Waals surface area contributed by atoms with Crippen molar-refractivity contribution in [1.82, 2.24) is 4.90 Å². The zero-order chi connectivity index (χ0) is 26.1. The van der Waals surface area contributed by atoms with Gasteiger partial charge in [-0.15, -0.1) is 0 Å². The lowest BCUT2D eigenvalue weighted by molar-refractivity contribution is -0.144. The first-order valence-electron chi connectivity index (χ1n) is 11.5. The molecule has 1 amide bonds. The number of aromatic hydroxyl groups is 1. The highest BCUT2D eigenvalue weighted by atomic mass is 16.4. The number of benzene rings is 1. The highest BCUT2D eigenvalue weighted by molar-refractivity contribution is 6.24. The summed E-state index contributed by atoms with van der Waals surface area (Å²) in [5.41, 5.74) is 2.74. The van der Waals surface area contributed by atoms with E-state index in [1.54, 1.807) is 12.1 Å². The van der Waals surface area contributed by atoms with Gasteiger partial charge >= 0.3 is 0 Å². The minimum absolute atomic E-state index is 0.0466. The van der Waals surface area contributed by atoms with Crippen molar-refractivity contribution in [3.8, 4) is 17.1 Å². The molecule has 3 aliphatic carbocycles. The number of nitrogens with two attached hydrogens (primary N) is 1. The van der Waals surface area contributed by atoms with Crippen molar-refractivity contribution in [2.24, 2.45) is 17.6 Å². The number of carbonyl (C=O) groups excluding carboxylic acids is 3. The highest BCUT2D eigenvalue weighted by Crippen LogP contribution is 2.52. The molecule has 3 aliphatic rings. The molecule has 6 N–H and O–H groups in total. The molecule has 0 aliphatic heterocycles. The molecule has 1 heterocycles. The molecule has 188 valence electrons. The molecule has 0 fully saturated rings. The van der Waals surface area contributed by atoms with Crippen LogP contribution in [0.1, 0.15) is 34.5 Å². The molecule has 0 unspecified atom stereocenters. The van der Waals surface area contributed by atoms with Gasteiger partial charge in [-0.25, -0.2) is 0 Å². The number of nitrogens with zero attached hydrogens (tertiary/aromatic N) is 1. The molecule has 1 aromatic carbocycles. The average Bonchev–Trinajstić information content (AvgIpc) is 3.23. The van der Waals surface area contributed by atoms with Gasteiger partial charge in [-0.05, 0) is 62.7 Å². The normalized spacial score (nSPS) is 25.7. The van der Waals surface area contributed by atoms with Crippen molar-refractivity contribution in [2.45, 2.75) is 31.4 Å². The molecule has 0 saturated carbocycles. The molecule has 0 radical (unpaired) electrons. The number of hydrogen-bond donors (Lipinski definition) is 5. The van der Waals surface area contributed by atoms with Crippen molar-refractivity contribution in [1.29, 1.82) is 0 Å². The fourth-order valence-corrected chi connectivity index (χ4v) is 5.77. The maximum Gasteiger partial charge on any atom is 0.255 e. The number of aliphatic hydroxyl groups is 3. The summed E-state index contributed by atoms with van der Waals surface area (Å²) in [6.45, 7) is 0.571. The Hall–Kier alpha value is -3.89. The molecule has 2 aromatic rings. The first kappa shape index (κ1) is 23.8. The number of phenolic OH excluding ortho intramolecular Hbond substituents is 1. The van der Waals surface area contributed by atoms with Crippen LogP contribution in [0.25, 0.3) is 11.3 Å². The van der Waals surface area contributed by atoms with Gasteiger partial charge in [0.2, 0.25) is 5.78 Å². The number of carbonyl (C=O) groups is 3. The summed E-state index contributed by atoms with van der Waals surface area (Å²) in [4.78, 5) is 40.3. The number of aliphatic hydroxyl groups excluding tert-OH is 2. The molecule has 10 nitrogen and oxygen atoms in total. The largest absolute Gasteiger partial charge is 0.511 e. The predicted molar refractivity (Wildman–Crippen MR) is 126 cm³/mol. The van der Waals surface area contributed by atoms with Crippen molar-refractivity contribution in [2.75, 3.05) is 14.1 Å². The van der Waals surface area contributed by atoms with Gasteiger partial charge in [0.1, 0.15) is 34.4 Å². The second kappa shape index (κ2) is 8.07. The van der Waals surface area contributed by atoms with Crippen molar-refractivity contribution < 1.29 is 39.2 Å². The molecule has 10 heteroatoms. The van der Waals surface area contributed by atoms with Crippen LogP contribution in [0.2, 0.25) is 0 Å². The van der Waals surface area contributed by atoms with Crippen LogP contribution in [0.5, 0.6) is 5.75 Å². The number of Topliss-reactive ketones (excluding diaryl/α,β-unsaturated/α-hetero) is 2. The fourth-order valence-electron chi connectivity index (χ4n) is 5.77. The summed E-state index contributed by atoms with van der Waals surface area (Å²) in [5.74, 6) is -5.29. The molecule has 36 heavy (non-hydrogen) atoms. The number of rotatable bonds is 4. The third-order valence-electron chi connectivity index (χ3n) is 7.34. The number of ketones is 2. The van der Waals surface area contributed by atoms with E-state index < -0.39 is 52.0 Å². The van der Waals surface area contributed by atoms with Gasteiger partial charge in [0.25, 0.3) is 5.91 Å². The van der Waals surface area contributed by atoms with Gasteiger partial charge in [-0.1, -0.05) is 0 Å². The SMILES string of the molecule is CN(C)Cc1ccc(-c2ccc(O)c3c2C[C@H]2C[C@H]4CC(O)=C(C(N)=O)C(=O)[C@@]4(O)C(O)=C2C3=O)o1. The van der Waals surface area contributed by atoms with Crippen LogP contribution in [-0.4, -0.2) is 62.5 Å². The Kier molecular flexibility index (Phi) is 5.34. The number of phenols is 1. The number of allylic oxidation sites excluding steroid dienone is 2. The number of primary amides is 1. The molecule has 0 bridgehead atoms. The summed E-state index contributed by atoms with van der Waals surface area (Å²) in [7, 11) is 3.81. The van der Waals surface area contributed by atoms with E-state index in [0.717, 1.165) is 0 Å². The fraction of sp³-hybridized carbons (Fsp3) is 0.346. The maximum atomic E-state index is 13.6. The smallest absolute Gasteiger partial charge is 0.255 e. The van der Waals surface area contributed by atoms with E-state index in [-0.39, 0.29) is 36.1 Å². The second-order valence-corrected chi connectivity index (χ2v) is 9.90. The lowest BCUT2D eigenvalue weighted by Gasteiger charge is -2.45. The van der Waals surface area contributed by atoms with E-state index in [4.69, 9.17) is 10.2 Å². The Bertz CT molecular complexity index is 1400. The van der Waals surface area contributed by atoms with E-state index in [9.17, 15) is 34.8 Å². The van der Waals surface area contributed by atoms with E-state index in [1.807, 2.05) is 25.1 Å². The van der Waals surface area contributed by atoms with E-state index in [0.29, 0.717) is 29.2 Å². The summed E-state index contributed by atoms with van der Waals surface area (Å²) < 4.78 is 5.98. The van der Waals surface area contributed by atoms with E-state index in [2.05, 4.69) is 0 Å². The van der Waals surface area contributed by atoms with Gasteiger partial charge in [-0.2, -0.15) is 0 Å². The molecular weight excluding hydrogens is 468 g/mol. The number of hydrogen-bond acceptors (Lipinski definition) is 9. The second-order valence-electron chi connectivity index (χ2n) is 9.90. The average molecular weight is 495 g/mol. The standard InChI is InChI=1S/C26H26N2O8/c1-28(2)10-13-3-6-18(36-13)14-4-5-16(29)20-15(14)8-11-7-12-9-17(30)21(25(27)34)24(33)26(12,35)23(32)19(11)22(20)31/h3-6,11-12,29-30,32,35H,7-10H2,1-2H3,(H2,27,34)/t11-,12+,26+/m1/s1. The third kappa shape index (κ3) is 3.29. The van der Waals surface area contributed by atoms with Crippen molar-refractivity contribution >= 4 is 17.5 Å². The van der Waals surface area contributed by atoms with Crippen LogP contribution in [0.4, 0.5) is 0 Å². The quantitative estimate of drug-likeness (QED) is 0.398. The molecule has 5 rings (SSSR count). The number of furan rings is 1. The van der Waals surface area contributed by atoms with Gasteiger partial charge in [0.05, 0.1) is 12.1 Å². The van der Waals surface area contributed by atoms with Gasteiger partial charge in [0, 0.05) is 23.5 Å². The first-order chi connectivity index (χ1) is 16.9. The van der Waals surface area contributed by atoms with Crippen LogP contribution >= 0.6 is 0 Å². The number of amides is 1. The monoisotopic (exact) mass is 494 g/mol. The molecule has 0 spiro atoms. The maximum absolute atomic E-state index is 13.6. The zero-order valence-corrected chi connectivity index (χ0v) is 19.7. The zero-order valence-electron chi connectivity index (χ0n) is 19.7. The molecule has 3 atom stereocenters. The highest BCUT2D eigenvalue weighted by Gasteiger charge is 2.59. The summed E-state index contributed by atoms with van der Waals surface area (Å²) >= 11 is 0. The first-order valence-corrected chi connectivity index (χ1v) is 11.5. The van der Waals surface area contributed by atoms with E-state index >= 15 is 0 Å². The summed E-state index contributed by atoms with van der Waals surface area (Å²) in [5, 5.41) is 43.3. The topological polar surface area (TPSA) is 175 Å². The Morgan fingerprint density at radius 3 is 2.53 bits per heavy atom. The van der Waals surface area contributed by atoms with Gasteiger partial charge in [0.15, 0.2) is 11.4 Å². The summed E-state index contributed by atoms with van der Waals surface area (Å²) in [6, 6.07) is 6.63. The molecule has 0 saturated heterocycles. The van der Waals surface area contributed by atoms with Gasteiger partial charge in [-0.3, -0.25) is 14.4 Å². The lowest BCUT2D eigenvalue weighted by Crippen LogP contribution is -2.57. The summed E-state index contributed by atoms with van der Waals surface area (Å²) in [6.07, 6.45) is 0.0122. The van der Waals surface area contributed by atoms with Crippen molar-refractivity contribution in [3.63, 3.8) is 0 Å². The molecule has 1 aromatic heterocycles. The Morgan fingerprint density at radius 1 is 1.14 bits per heavy atom. The molecular formula is C26H26N2O8. The Morgan fingerprint density at radius 2 is 1.86 bits per heavy atom. The van der Waals surface area contributed by atoms with Crippen LogP contribution in [-0.2, 0) is 22.6 Å². The van der Waals surface area contributed by atoms with Crippen LogP contribution in [0, 0.1) is 11.8 Å². The third-order valence-corrected chi connectivity index (χ3v) is 7.34. The number of fused-ring (bicyclic) bond motifs is 3. The minimum atomic E-state index is -2.58. The predicted octanol–water partition coefficient (Wildman–Crippen LogP) is 1.90. The Labute approximate surface area is 205 Å². The minimum Gasteiger partial charge on any atom is -0.511 e. The lowest BCUT2D eigenvalue weighted by atomic mass is 9.60. The van der Waals surface area contributed by atoms with Crippen molar-refractivity contribution in [3.05, 3.63) is 63.8 Å². The van der Waals surface area contributed by atoms with Crippen LogP contribution in [0.3, 0.4) is 0 Å². The van der Waals surface area contributed by atoms with E-state index in [1.165, 1.54) is 6.07 Å². The van der Waals surface area contributed by atoms with Crippen LogP contribution < -0.4 is 5.73 Å². The van der Waals surface area contributed by atoms with Gasteiger partial charge < -0.3 is 35.5 Å². The Balaban J connectivity index is 1.63. The van der Waals surface area contributed by atoms with Crippen LogP contribution in [0.15, 0.2) is 51.3 Å².